The highest BCUT2D eigenvalue weighted by Crippen LogP contribution is 2.27. The molecule has 2 aromatic rings. The Labute approximate surface area is 165 Å². The molecule has 4 rings (SSSR count). The first-order chi connectivity index (χ1) is 13.5. The van der Waals surface area contributed by atoms with Crippen LogP contribution in [0.15, 0.2) is 60.7 Å². The van der Waals surface area contributed by atoms with Gasteiger partial charge in [-0.15, -0.1) is 0 Å². The van der Waals surface area contributed by atoms with Crippen molar-refractivity contribution in [3.8, 4) is 0 Å². The summed E-state index contributed by atoms with van der Waals surface area (Å²) in [5.74, 6) is -0.0291. The van der Waals surface area contributed by atoms with Crippen LogP contribution in [0.3, 0.4) is 0 Å². The van der Waals surface area contributed by atoms with Crippen molar-refractivity contribution in [2.75, 3.05) is 19.7 Å². The van der Waals surface area contributed by atoms with Crippen LogP contribution in [0.25, 0.3) is 0 Å². The van der Waals surface area contributed by atoms with Gasteiger partial charge in [-0.3, -0.25) is 4.79 Å². The van der Waals surface area contributed by atoms with Crippen LogP contribution in [0, 0.1) is 0 Å². The molecule has 2 aromatic carbocycles. The lowest BCUT2D eigenvalue weighted by molar-refractivity contribution is -0.133. The number of rotatable bonds is 5. The predicted octanol–water partition coefficient (Wildman–Crippen LogP) is 2.02. The molecule has 2 aliphatic rings. The fraction of sp³-hybridized carbons (Fsp3) is 0.381. The molecular formula is C21H24N2O4S. The van der Waals surface area contributed by atoms with Crippen LogP contribution in [0.4, 0.5) is 0 Å². The third kappa shape index (κ3) is 4.11. The Balaban J connectivity index is 1.53. The number of hydrogen-bond donors (Lipinski definition) is 0. The molecule has 148 valence electrons. The molecule has 0 N–H and O–H groups in total. The average Bonchev–Trinajstić information content (AvgIpc) is 3.06. The smallest absolute Gasteiger partial charge is 0.225 e. The van der Waals surface area contributed by atoms with E-state index in [4.69, 9.17) is 4.74 Å². The van der Waals surface area contributed by atoms with E-state index in [0.29, 0.717) is 26.1 Å². The Morgan fingerprint density at radius 2 is 1.57 bits per heavy atom. The molecule has 6 nitrogen and oxygen atoms in total. The first-order valence-corrected chi connectivity index (χ1v) is 11.1. The van der Waals surface area contributed by atoms with E-state index in [1.807, 2.05) is 60.7 Å². The van der Waals surface area contributed by atoms with E-state index in [9.17, 15) is 13.2 Å². The van der Waals surface area contributed by atoms with Crippen molar-refractivity contribution in [2.24, 2.45) is 0 Å². The van der Waals surface area contributed by atoms with Crippen LogP contribution < -0.4 is 0 Å². The van der Waals surface area contributed by atoms with Gasteiger partial charge in [0, 0.05) is 19.6 Å². The molecule has 2 atom stereocenters. The van der Waals surface area contributed by atoms with Gasteiger partial charge in [0.05, 0.1) is 30.9 Å². The van der Waals surface area contributed by atoms with Crippen LogP contribution in [-0.2, 0) is 31.9 Å². The number of fused-ring (bicyclic) bond motifs is 1. The van der Waals surface area contributed by atoms with Gasteiger partial charge in [-0.1, -0.05) is 60.7 Å². The molecule has 0 unspecified atom stereocenters. The van der Waals surface area contributed by atoms with Crippen LogP contribution in [0.5, 0.6) is 0 Å². The number of nitrogens with zero attached hydrogens (tertiary/aromatic N) is 2. The van der Waals surface area contributed by atoms with E-state index >= 15 is 0 Å². The molecular weight excluding hydrogens is 376 g/mol. The molecule has 1 amide bonds. The van der Waals surface area contributed by atoms with Crippen LogP contribution in [0.2, 0.25) is 0 Å². The standard InChI is InChI=1S/C21H24N2O4S/c24-21-11-12-27-20-15-22(28(25,26)16-18-9-5-2-6-10-18)14-19(20)23(21)13-17-7-3-1-4-8-17/h1-10,19-20H,11-16H2/t19-,20-/m0/s1. The Hall–Kier alpha value is -2.22. The number of benzene rings is 2. The summed E-state index contributed by atoms with van der Waals surface area (Å²) in [6.07, 6.45) is 0.0390. The predicted molar refractivity (Wildman–Crippen MR) is 106 cm³/mol. The average molecular weight is 401 g/mol. The lowest BCUT2D eigenvalue weighted by Gasteiger charge is -2.29. The van der Waals surface area contributed by atoms with Crippen molar-refractivity contribution in [3.05, 3.63) is 71.8 Å². The third-order valence-corrected chi connectivity index (χ3v) is 7.14. The van der Waals surface area contributed by atoms with Gasteiger partial charge >= 0.3 is 0 Å². The van der Waals surface area contributed by atoms with E-state index < -0.39 is 10.0 Å². The molecule has 0 aliphatic carbocycles. The largest absolute Gasteiger partial charge is 0.374 e. The van der Waals surface area contributed by atoms with Crippen molar-refractivity contribution in [1.82, 2.24) is 9.21 Å². The summed E-state index contributed by atoms with van der Waals surface area (Å²) in [5.41, 5.74) is 1.79. The number of carbonyl (C=O) groups excluding carboxylic acids is 1. The highest BCUT2D eigenvalue weighted by Gasteiger charge is 2.44. The fourth-order valence-electron chi connectivity index (χ4n) is 3.90. The zero-order valence-corrected chi connectivity index (χ0v) is 16.4. The molecule has 0 radical (unpaired) electrons. The summed E-state index contributed by atoms with van der Waals surface area (Å²) >= 11 is 0. The zero-order valence-electron chi connectivity index (χ0n) is 15.6. The lowest BCUT2D eigenvalue weighted by Crippen LogP contribution is -2.45. The normalized spacial score (nSPS) is 23.4. The minimum Gasteiger partial charge on any atom is -0.374 e. The van der Waals surface area contributed by atoms with Gasteiger partial charge < -0.3 is 9.64 Å². The Morgan fingerprint density at radius 3 is 2.25 bits per heavy atom. The number of hydrogen-bond acceptors (Lipinski definition) is 4. The first-order valence-electron chi connectivity index (χ1n) is 9.50. The van der Waals surface area contributed by atoms with Crippen molar-refractivity contribution in [1.29, 1.82) is 0 Å². The Bertz CT molecular complexity index is 918. The molecule has 0 bridgehead atoms. The second-order valence-electron chi connectivity index (χ2n) is 7.29. The summed E-state index contributed by atoms with van der Waals surface area (Å²) < 4.78 is 33.2. The number of carbonyl (C=O) groups is 1. The van der Waals surface area contributed by atoms with Crippen molar-refractivity contribution >= 4 is 15.9 Å². The van der Waals surface area contributed by atoms with Crippen LogP contribution >= 0.6 is 0 Å². The fourth-order valence-corrected chi connectivity index (χ4v) is 5.45. The second-order valence-corrected chi connectivity index (χ2v) is 9.26. The van der Waals surface area contributed by atoms with E-state index in [-0.39, 0.29) is 30.4 Å². The number of ether oxygens (including phenoxy) is 1. The van der Waals surface area contributed by atoms with E-state index in [2.05, 4.69) is 0 Å². The second kappa shape index (κ2) is 8.03. The van der Waals surface area contributed by atoms with Gasteiger partial charge in [-0.25, -0.2) is 8.42 Å². The Kier molecular flexibility index (Phi) is 5.48. The maximum absolute atomic E-state index is 12.9. The maximum Gasteiger partial charge on any atom is 0.225 e. The SMILES string of the molecule is O=C1CCO[C@H]2CN(S(=O)(=O)Cc3ccccc3)C[C@@H]2N1Cc1ccccc1. The molecule has 2 fully saturated rings. The molecule has 7 heteroatoms. The van der Waals surface area contributed by atoms with Gasteiger partial charge in [0.2, 0.25) is 15.9 Å². The number of amides is 1. The summed E-state index contributed by atoms with van der Waals surface area (Å²) in [6, 6.07) is 18.7. The highest BCUT2D eigenvalue weighted by molar-refractivity contribution is 7.88. The van der Waals surface area contributed by atoms with Gasteiger partial charge in [-0.2, -0.15) is 4.31 Å². The maximum atomic E-state index is 12.9. The van der Waals surface area contributed by atoms with Gasteiger partial charge in [0.25, 0.3) is 0 Å². The molecule has 2 aliphatic heterocycles. The minimum absolute atomic E-state index is 0.0126. The minimum atomic E-state index is -3.48. The topological polar surface area (TPSA) is 66.9 Å². The first kappa shape index (κ1) is 19.1. The van der Waals surface area contributed by atoms with Crippen molar-refractivity contribution < 1.29 is 17.9 Å². The quantitative estimate of drug-likeness (QED) is 0.770. The monoisotopic (exact) mass is 400 g/mol. The van der Waals surface area contributed by atoms with E-state index in [1.165, 1.54) is 4.31 Å². The molecule has 28 heavy (non-hydrogen) atoms. The van der Waals surface area contributed by atoms with Crippen molar-refractivity contribution in [2.45, 2.75) is 30.9 Å². The van der Waals surface area contributed by atoms with Crippen LogP contribution in [-0.4, -0.2) is 55.4 Å². The third-order valence-electron chi connectivity index (χ3n) is 5.35. The summed E-state index contributed by atoms with van der Waals surface area (Å²) in [6.45, 7) is 1.37. The van der Waals surface area contributed by atoms with E-state index in [0.717, 1.165) is 11.1 Å². The zero-order chi connectivity index (χ0) is 19.6. The van der Waals surface area contributed by atoms with Crippen molar-refractivity contribution in [3.63, 3.8) is 0 Å². The highest BCUT2D eigenvalue weighted by atomic mass is 32.2. The van der Waals surface area contributed by atoms with Gasteiger partial charge in [0.15, 0.2) is 0 Å². The van der Waals surface area contributed by atoms with Gasteiger partial charge in [-0.05, 0) is 11.1 Å². The molecule has 2 saturated heterocycles. The summed E-state index contributed by atoms with van der Waals surface area (Å²) in [5, 5.41) is 0. The molecule has 2 heterocycles. The Morgan fingerprint density at radius 1 is 0.929 bits per heavy atom. The van der Waals surface area contributed by atoms with Crippen LogP contribution in [0.1, 0.15) is 17.5 Å². The number of sulfonamides is 1. The summed E-state index contributed by atoms with van der Waals surface area (Å²) in [7, 11) is -3.48. The summed E-state index contributed by atoms with van der Waals surface area (Å²) in [4.78, 5) is 14.5. The molecule has 0 spiro atoms. The van der Waals surface area contributed by atoms with E-state index in [1.54, 1.807) is 4.90 Å². The molecule has 0 saturated carbocycles. The van der Waals surface area contributed by atoms with Gasteiger partial charge in [0.1, 0.15) is 0 Å². The molecule has 0 aromatic heterocycles. The lowest BCUT2D eigenvalue weighted by atomic mass is 10.1.